The summed E-state index contributed by atoms with van der Waals surface area (Å²) < 4.78 is 0. The third-order valence-electron chi connectivity index (χ3n) is 3.45. The Bertz CT molecular complexity index is 373. The first-order valence-corrected chi connectivity index (χ1v) is 7.97. The average Bonchev–Trinajstić information content (AvgIpc) is 2.66. The Morgan fingerprint density at radius 3 is 2.32 bits per heavy atom. The minimum atomic E-state index is 0.366. The third kappa shape index (κ3) is 4.88. The number of aryl methyl sites for hydroxylation is 2. The van der Waals surface area contributed by atoms with Gasteiger partial charge < -0.3 is 10.6 Å². The first-order chi connectivity index (χ1) is 8.99. The molecule has 0 bridgehead atoms. The summed E-state index contributed by atoms with van der Waals surface area (Å²) in [5, 5.41) is 0. The highest BCUT2D eigenvalue weighted by atomic mass is 32.1. The molecule has 0 fully saturated rings. The molecule has 1 rings (SSSR count). The normalized spacial score (nSPS) is 13.5. The lowest BCUT2D eigenvalue weighted by molar-refractivity contribution is 0.182. The minimum Gasteiger partial charge on any atom is -0.329 e. The van der Waals surface area contributed by atoms with E-state index in [1.54, 1.807) is 0 Å². The molecule has 2 N–H and O–H groups in total. The monoisotopic (exact) mass is 283 g/mol. The molecule has 0 saturated heterocycles. The van der Waals surface area contributed by atoms with Crippen LogP contribution in [-0.4, -0.2) is 50.1 Å². The Morgan fingerprint density at radius 1 is 1.21 bits per heavy atom. The Morgan fingerprint density at radius 2 is 1.89 bits per heavy atom. The molecular formula is C15H29N3S. The maximum absolute atomic E-state index is 6.07. The molecular weight excluding hydrogens is 254 g/mol. The van der Waals surface area contributed by atoms with Gasteiger partial charge in [-0.1, -0.05) is 6.92 Å². The Hall–Kier alpha value is -0.420. The molecule has 1 aromatic heterocycles. The highest BCUT2D eigenvalue weighted by molar-refractivity contribution is 7.12. The largest absolute Gasteiger partial charge is 0.329 e. The maximum atomic E-state index is 6.07. The summed E-state index contributed by atoms with van der Waals surface area (Å²) in [5.74, 6) is 0. The van der Waals surface area contributed by atoms with Crippen LogP contribution in [0.2, 0.25) is 0 Å². The van der Waals surface area contributed by atoms with Crippen molar-refractivity contribution in [3.8, 4) is 0 Å². The molecule has 1 unspecified atom stereocenters. The van der Waals surface area contributed by atoms with Gasteiger partial charge in [-0.3, -0.25) is 4.90 Å². The predicted octanol–water partition coefficient (Wildman–Crippen LogP) is 2.64. The second-order valence-electron chi connectivity index (χ2n) is 5.46. The summed E-state index contributed by atoms with van der Waals surface area (Å²) >= 11 is 1.88. The second-order valence-corrected chi connectivity index (χ2v) is 6.92. The van der Waals surface area contributed by atoms with E-state index in [1.165, 1.54) is 21.7 Å². The summed E-state index contributed by atoms with van der Waals surface area (Å²) in [4.78, 5) is 7.57. The second kappa shape index (κ2) is 8.00. The molecule has 0 spiro atoms. The number of nitrogens with two attached hydrogens (primary N) is 1. The first-order valence-electron chi connectivity index (χ1n) is 7.15. The maximum Gasteiger partial charge on any atom is 0.0481 e. The van der Waals surface area contributed by atoms with Crippen LogP contribution in [0.3, 0.4) is 0 Å². The van der Waals surface area contributed by atoms with E-state index in [4.69, 9.17) is 5.73 Å². The molecule has 4 heteroatoms. The van der Waals surface area contributed by atoms with Crippen LogP contribution in [0.5, 0.6) is 0 Å². The van der Waals surface area contributed by atoms with Gasteiger partial charge in [0, 0.05) is 35.4 Å². The zero-order chi connectivity index (χ0) is 14.4. The Labute approximate surface area is 122 Å². The Kier molecular flexibility index (Phi) is 7.00. The fourth-order valence-electron chi connectivity index (χ4n) is 2.49. The first kappa shape index (κ1) is 16.6. The van der Waals surface area contributed by atoms with Crippen molar-refractivity contribution in [2.24, 2.45) is 5.73 Å². The summed E-state index contributed by atoms with van der Waals surface area (Å²) in [7, 11) is 4.25. The number of rotatable bonds is 8. The van der Waals surface area contributed by atoms with Gasteiger partial charge in [-0.15, -0.1) is 11.3 Å². The van der Waals surface area contributed by atoms with Gasteiger partial charge in [0.2, 0.25) is 0 Å². The lowest BCUT2D eigenvalue weighted by Crippen LogP contribution is -2.38. The van der Waals surface area contributed by atoms with Gasteiger partial charge in [0.25, 0.3) is 0 Å². The fourth-order valence-corrected chi connectivity index (χ4v) is 3.47. The lowest BCUT2D eigenvalue weighted by Gasteiger charge is -2.32. The average molecular weight is 283 g/mol. The molecule has 0 saturated carbocycles. The minimum absolute atomic E-state index is 0.366. The summed E-state index contributed by atoms with van der Waals surface area (Å²) in [5.41, 5.74) is 7.50. The van der Waals surface area contributed by atoms with Gasteiger partial charge in [-0.25, -0.2) is 0 Å². The quantitative estimate of drug-likeness (QED) is 0.796. The van der Waals surface area contributed by atoms with Crippen LogP contribution in [0.25, 0.3) is 0 Å². The molecule has 0 aromatic carbocycles. The van der Waals surface area contributed by atoms with Gasteiger partial charge >= 0.3 is 0 Å². The van der Waals surface area contributed by atoms with Crippen LogP contribution >= 0.6 is 11.3 Å². The van der Waals surface area contributed by atoms with Crippen molar-refractivity contribution in [1.29, 1.82) is 0 Å². The number of likely N-dealkylation sites (N-methyl/N-ethyl adjacent to an activating group) is 1. The number of nitrogens with zero attached hydrogens (tertiary/aromatic N) is 2. The van der Waals surface area contributed by atoms with Crippen LogP contribution in [0, 0.1) is 13.8 Å². The molecule has 0 radical (unpaired) electrons. The van der Waals surface area contributed by atoms with E-state index in [0.717, 1.165) is 19.6 Å². The molecule has 19 heavy (non-hydrogen) atoms. The van der Waals surface area contributed by atoms with Gasteiger partial charge in [-0.05, 0) is 52.5 Å². The van der Waals surface area contributed by atoms with E-state index in [0.29, 0.717) is 12.6 Å². The van der Waals surface area contributed by atoms with Crippen LogP contribution < -0.4 is 5.73 Å². The van der Waals surface area contributed by atoms with E-state index in [1.807, 2.05) is 11.3 Å². The molecule has 0 aliphatic rings. The SMILES string of the molecule is CCCN(CCN(C)C)C(CN)c1cc(C)sc1C. The zero-order valence-corrected chi connectivity index (χ0v) is 13.9. The summed E-state index contributed by atoms with van der Waals surface area (Å²) in [6, 6.07) is 2.68. The molecule has 1 heterocycles. The molecule has 3 nitrogen and oxygen atoms in total. The standard InChI is InChI=1S/C15H29N3S/c1-6-7-18(9-8-17(4)5)15(11-16)14-10-12(2)19-13(14)3/h10,15H,6-9,11,16H2,1-5H3. The topological polar surface area (TPSA) is 32.5 Å². The molecule has 0 amide bonds. The number of hydrogen-bond donors (Lipinski definition) is 1. The van der Waals surface area contributed by atoms with Crippen molar-refractivity contribution in [2.45, 2.75) is 33.2 Å². The predicted molar refractivity (Wildman–Crippen MR) is 86.0 cm³/mol. The van der Waals surface area contributed by atoms with Gasteiger partial charge in [0.05, 0.1) is 0 Å². The lowest BCUT2D eigenvalue weighted by atomic mass is 10.1. The van der Waals surface area contributed by atoms with Crippen LogP contribution in [0.4, 0.5) is 0 Å². The smallest absolute Gasteiger partial charge is 0.0481 e. The zero-order valence-electron chi connectivity index (χ0n) is 13.1. The van der Waals surface area contributed by atoms with Crippen molar-refractivity contribution in [2.75, 3.05) is 40.3 Å². The molecule has 110 valence electrons. The van der Waals surface area contributed by atoms with E-state index >= 15 is 0 Å². The van der Waals surface area contributed by atoms with Crippen molar-refractivity contribution in [1.82, 2.24) is 9.80 Å². The van der Waals surface area contributed by atoms with E-state index < -0.39 is 0 Å². The van der Waals surface area contributed by atoms with E-state index in [2.05, 4.69) is 50.7 Å². The molecule has 0 aliphatic carbocycles. The van der Waals surface area contributed by atoms with Gasteiger partial charge in [0.1, 0.15) is 0 Å². The van der Waals surface area contributed by atoms with Crippen LogP contribution in [0.15, 0.2) is 6.07 Å². The summed E-state index contributed by atoms with van der Waals surface area (Å²) in [6.45, 7) is 10.6. The Balaban J connectivity index is 2.86. The number of thiophene rings is 1. The van der Waals surface area contributed by atoms with E-state index in [9.17, 15) is 0 Å². The van der Waals surface area contributed by atoms with Crippen molar-refractivity contribution < 1.29 is 0 Å². The number of hydrogen-bond acceptors (Lipinski definition) is 4. The van der Waals surface area contributed by atoms with Gasteiger partial charge in [-0.2, -0.15) is 0 Å². The van der Waals surface area contributed by atoms with Crippen molar-refractivity contribution >= 4 is 11.3 Å². The third-order valence-corrected chi connectivity index (χ3v) is 4.43. The van der Waals surface area contributed by atoms with E-state index in [-0.39, 0.29) is 0 Å². The van der Waals surface area contributed by atoms with Crippen LogP contribution in [-0.2, 0) is 0 Å². The van der Waals surface area contributed by atoms with Gasteiger partial charge in [0.15, 0.2) is 0 Å². The highest BCUT2D eigenvalue weighted by Crippen LogP contribution is 2.29. The molecule has 0 aliphatic heterocycles. The molecule has 1 aromatic rings. The fraction of sp³-hybridized carbons (Fsp3) is 0.733. The van der Waals surface area contributed by atoms with Crippen LogP contribution in [0.1, 0.15) is 34.7 Å². The van der Waals surface area contributed by atoms with Crippen molar-refractivity contribution in [3.05, 3.63) is 21.4 Å². The molecule has 1 atom stereocenters. The highest BCUT2D eigenvalue weighted by Gasteiger charge is 2.21. The summed E-state index contributed by atoms with van der Waals surface area (Å²) in [6.07, 6.45) is 1.17. The van der Waals surface area contributed by atoms with Crippen molar-refractivity contribution in [3.63, 3.8) is 0 Å².